The van der Waals surface area contributed by atoms with Crippen molar-refractivity contribution in [2.75, 3.05) is 7.11 Å². The van der Waals surface area contributed by atoms with Crippen molar-refractivity contribution in [1.29, 1.82) is 0 Å². The van der Waals surface area contributed by atoms with Gasteiger partial charge in [-0.15, -0.1) is 0 Å². The highest BCUT2D eigenvalue weighted by Gasteiger charge is 2.39. The van der Waals surface area contributed by atoms with Crippen LogP contribution in [-0.4, -0.2) is 19.0 Å². The average molecular weight is 255 g/mol. The lowest BCUT2D eigenvalue weighted by Gasteiger charge is -2.17. The van der Waals surface area contributed by atoms with Gasteiger partial charge >= 0.3 is 5.97 Å². The number of methoxy groups -OCH3 is 1. The van der Waals surface area contributed by atoms with Gasteiger partial charge in [0.25, 0.3) is 0 Å². The fourth-order valence-electron chi connectivity index (χ4n) is 2.09. The zero-order valence-electron chi connectivity index (χ0n) is 9.57. The van der Waals surface area contributed by atoms with Crippen molar-refractivity contribution >= 4 is 11.9 Å². The number of ether oxygens (including phenoxy) is 1. The predicted octanol–water partition coefficient (Wildman–Crippen LogP) is 1.31. The summed E-state index contributed by atoms with van der Waals surface area (Å²) in [4.78, 5) is 22.8. The molecule has 0 bridgehead atoms. The Morgan fingerprint density at radius 3 is 2.50 bits per heavy atom. The minimum Gasteiger partial charge on any atom is -0.469 e. The number of carbonyl (C=O) groups excluding carboxylic acids is 2. The molecular weight excluding hydrogens is 244 g/mol. The first-order chi connectivity index (χ1) is 8.51. The first kappa shape index (κ1) is 12.5. The number of amides is 1. The number of nitrogens with one attached hydrogen (secondary N) is 1. The van der Waals surface area contributed by atoms with Gasteiger partial charge in [0, 0.05) is 12.5 Å². The zero-order chi connectivity index (χ0) is 13.3. The van der Waals surface area contributed by atoms with Gasteiger partial charge in [-0.2, -0.15) is 0 Å². The first-order valence-corrected chi connectivity index (χ1v) is 5.34. The van der Waals surface area contributed by atoms with E-state index in [2.05, 4.69) is 10.1 Å². The highest BCUT2D eigenvalue weighted by Crippen LogP contribution is 2.31. The van der Waals surface area contributed by atoms with E-state index in [1.807, 2.05) is 0 Å². The SMILES string of the molecule is COC(=O)C1CC(=O)NC1c1cc(F)cc(F)c1. The maximum Gasteiger partial charge on any atom is 0.311 e. The van der Waals surface area contributed by atoms with Crippen LogP contribution < -0.4 is 5.32 Å². The molecule has 1 heterocycles. The highest BCUT2D eigenvalue weighted by atomic mass is 19.1. The molecule has 1 aliphatic rings. The maximum absolute atomic E-state index is 13.1. The van der Waals surface area contributed by atoms with Crippen molar-refractivity contribution in [3.05, 3.63) is 35.4 Å². The van der Waals surface area contributed by atoms with Crippen molar-refractivity contribution < 1.29 is 23.1 Å². The molecule has 0 radical (unpaired) electrons. The van der Waals surface area contributed by atoms with E-state index in [9.17, 15) is 18.4 Å². The number of hydrogen-bond donors (Lipinski definition) is 1. The van der Waals surface area contributed by atoms with Crippen LogP contribution >= 0.6 is 0 Å². The van der Waals surface area contributed by atoms with Gasteiger partial charge in [0.15, 0.2) is 0 Å². The zero-order valence-corrected chi connectivity index (χ0v) is 9.57. The Morgan fingerprint density at radius 1 is 1.33 bits per heavy atom. The Labute approximate surface area is 102 Å². The molecule has 1 aliphatic heterocycles. The monoisotopic (exact) mass is 255 g/mol. The van der Waals surface area contributed by atoms with Crippen molar-refractivity contribution in [3.8, 4) is 0 Å². The van der Waals surface area contributed by atoms with Crippen molar-refractivity contribution in [1.82, 2.24) is 5.32 Å². The molecular formula is C12H11F2NO3. The molecule has 1 amide bonds. The molecule has 0 spiro atoms. The van der Waals surface area contributed by atoms with Gasteiger partial charge < -0.3 is 10.1 Å². The second kappa shape index (κ2) is 4.72. The van der Waals surface area contributed by atoms with Crippen LogP contribution in [0.25, 0.3) is 0 Å². The predicted molar refractivity (Wildman–Crippen MR) is 57.4 cm³/mol. The average Bonchev–Trinajstić information content (AvgIpc) is 2.69. The van der Waals surface area contributed by atoms with Crippen molar-refractivity contribution in [2.24, 2.45) is 5.92 Å². The lowest BCUT2D eigenvalue weighted by atomic mass is 9.94. The van der Waals surface area contributed by atoms with Crippen LogP contribution in [0.1, 0.15) is 18.0 Å². The standard InChI is InChI=1S/C12H11F2NO3/c1-18-12(17)9-5-10(16)15-11(9)6-2-7(13)4-8(14)3-6/h2-4,9,11H,5H2,1H3,(H,15,16). The Hall–Kier alpha value is -1.98. The Bertz CT molecular complexity index is 484. The molecule has 0 aliphatic carbocycles. The second-order valence-corrected chi connectivity index (χ2v) is 4.08. The third-order valence-corrected chi connectivity index (χ3v) is 2.87. The normalized spacial score (nSPS) is 22.7. The lowest BCUT2D eigenvalue weighted by Crippen LogP contribution is -2.25. The van der Waals surface area contributed by atoms with Crippen LogP contribution in [0.3, 0.4) is 0 Å². The van der Waals surface area contributed by atoms with E-state index in [4.69, 9.17) is 0 Å². The maximum atomic E-state index is 13.1. The van der Waals surface area contributed by atoms with Gasteiger partial charge in [0.1, 0.15) is 11.6 Å². The molecule has 2 rings (SSSR count). The van der Waals surface area contributed by atoms with Gasteiger partial charge in [-0.1, -0.05) is 0 Å². The van der Waals surface area contributed by atoms with E-state index in [1.165, 1.54) is 7.11 Å². The van der Waals surface area contributed by atoms with E-state index in [-0.39, 0.29) is 17.9 Å². The summed E-state index contributed by atoms with van der Waals surface area (Å²) >= 11 is 0. The molecule has 4 nitrogen and oxygen atoms in total. The second-order valence-electron chi connectivity index (χ2n) is 4.08. The third-order valence-electron chi connectivity index (χ3n) is 2.87. The molecule has 1 fully saturated rings. The molecule has 6 heteroatoms. The summed E-state index contributed by atoms with van der Waals surface area (Å²) < 4.78 is 30.8. The number of hydrogen-bond acceptors (Lipinski definition) is 3. The summed E-state index contributed by atoms with van der Waals surface area (Å²) in [7, 11) is 1.20. The first-order valence-electron chi connectivity index (χ1n) is 5.34. The van der Waals surface area contributed by atoms with Gasteiger partial charge in [0.2, 0.25) is 5.91 Å². The van der Waals surface area contributed by atoms with Crippen molar-refractivity contribution in [3.63, 3.8) is 0 Å². The molecule has 18 heavy (non-hydrogen) atoms. The molecule has 0 aromatic heterocycles. The summed E-state index contributed by atoms with van der Waals surface area (Å²) in [6.07, 6.45) is -0.0462. The van der Waals surface area contributed by atoms with E-state index < -0.39 is 29.6 Å². The van der Waals surface area contributed by atoms with Gasteiger partial charge in [-0.25, -0.2) is 8.78 Å². The molecule has 1 saturated heterocycles. The summed E-state index contributed by atoms with van der Waals surface area (Å²) in [5.41, 5.74) is 0.216. The van der Waals surface area contributed by atoms with E-state index in [1.54, 1.807) is 0 Å². The number of rotatable bonds is 2. The molecule has 1 N–H and O–H groups in total. The largest absolute Gasteiger partial charge is 0.469 e. The Kier molecular flexibility index (Phi) is 3.27. The Morgan fingerprint density at radius 2 is 1.94 bits per heavy atom. The van der Waals surface area contributed by atoms with Crippen LogP contribution in [0, 0.1) is 17.6 Å². The van der Waals surface area contributed by atoms with Crippen LogP contribution in [0.5, 0.6) is 0 Å². The summed E-state index contributed by atoms with van der Waals surface area (Å²) in [5, 5.41) is 2.52. The number of carbonyl (C=O) groups is 2. The molecule has 0 saturated carbocycles. The topological polar surface area (TPSA) is 55.4 Å². The van der Waals surface area contributed by atoms with Crippen molar-refractivity contribution in [2.45, 2.75) is 12.5 Å². The number of benzene rings is 1. The van der Waals surface area contributed by atoms with Crippen LogP contribution in [0.4, 0.5) is 8.78 Å². The highest BCUT2D eigenvalue weighted by molar-refractivity contribution is 5.87. The number of halogens is 2. The molecule has 96 valence electrons. The molecule has 2 atom stereocenters. The van der Waals surface area contributed by atoms with Crippen LogP contribution in [-0.2, 0) is 14.3 Å². The fourth-order valence-corrected chi connectivity index (χ4v) is 2.09. The Balaban J connectivity index is 2.35. The summed E-state index contributed by atoms with van der Waals surface area (Å²) in [5.74, 6) is -3.20. The van der Waals surface area contributed by atoms with Gasteiger partial charge in [-0.3, -0.25) is 9.59 Å². The molecule has 1 aromatic rings. The minimum atomic E-state index is -0.760. The molecule has 1 aromatic carbocycles. The fraction of sp³-hybridized carbons (Fsp3) is 0.333. The summed E-state index contributed by atoms with van der Waals surface area (Å²) in [6, 6.07) is 2.16. The molecule has 2 unspecified atom stereocenters. The summed E-state index contributed by atoms with van der Waals surface area (Å²) in [6.45, 7) is 0. The van der Waals surface area contributed by atoms with Gasteiger partial charge in [-0.05, 0) is 17.7 Å². The van der Waals surface area contributed by atoms with Gasteiger partial charge in [0.05, 0.1) is 19.1 Å². The lowest BCUT2D eigenvalue weighted by molar-refractivity contribution is -0.146. The third kappa shape index (κ3) is 2.32. The van der Waals surface area contributed by atoms with Crippen LogP contribution in [0.15, 0.2) is 18.2 Å². The minimum absolute atomic E-state index is 0.0462. The van der Waals surface area contributed by atoms with E-state index in [0.29, 0.717) is 0 Å². The smallest absolute Gasteiger partial charge is 0.311 e. The van der Waals surface area contributed by atoms with E-state index in [0.717, 1.165) is 18.2 Å². The number of esters is 1. The quantitative estimate of drug-likeness (QED) is 0.811. The van der Waals surface area contributed by atoms with Crippen LogP contribution in [0.2, 0.25) is 0 Å². The van der Waals surface area contributed by atoms with E-state index >= 15 is 0 Å².